The van der Waals surface area contributed by atoms with E-state index in [0.29, 0.717) is 11.8 Å². The summed E-state index contributed by atoms with van der Waals surface area (Å²) in [5, 5.41) is 0. The maximum Gasteiger partial charge on any atom is 0.418 e. The van der Waals surface area contributed by atoms with Gasteiger partial charge in [-0.15, -0.1) is 0 Å². The first-order chi connectivity index (χ1) is 9.29. The van der Waals surface area contributed by atoms with Crippen molar-refractivity contribution in [2.24, 2.45) is 5.73 Å². The molecule has 0 saturated heterocycles. The van der Waals surface area contributed by atoms with E-state index >= 15 is 0 Å². The topological polar surface area (TPSA) is 56.0 Å². The average Bonchev–Trinajstić information content (AvgIpc) is 2.37. The van der Waals surface area contributed by atoms with E-state index in [1.165, 1.54) is 12.1 Å². The SMILES string of the molecule is NC(=O)c1cc(-c2ccc(F)cc2)ncc1C(F)(F)F. The zero-order valence-corrected chi connectivity index (χ0v) is 9.91. The van der Waals surface area contributed by atoms with Crippen LogP contribution in [0.4, 0.5) is 17.6 Å². The highest BCUT2D eigenvalue weighted by Gasteiger charge is 2.35. The molecule has 0 bridgehead atoms. The van der Waals surface area contributed by atoms with Gasteiger partial charge in [0.15, 0.2) is 0 Å². The highest BCUT2D eigenvalue weighted by molar-refractivity contribution is 5.95. The number of rotatable bonds is 2. The standard InChI is InChI=1S/C13H8F4N2O/c14-8-3-1-7(2-4-8)11-5-9(12(18)20)10(6-19-11)13(15,16)17/h1-6H,(H2,18,20). The zero-order chi connectivity index (χ0) is 14.9. The van der Waals surface area contributed by atoms with Gasteiger partial charge < -0.3 is 5.73 Å². The highest BCUT2D eigenvalue weighted by atomic mass is 19.4. The van der Waals surface area contributed by atoms with Gasteiger partial charge in [0.2, 0.25) is 5.91 Å². The Hall–Kier alpha value is -2.44. The molecule has 1 heterocycles. The Labute approximate surface area is 111 Å². The van der Waals surface area contributed by atoms with E-state index in [-0.39, 0.29) is 5.69 Å². The lowest BCUT2D eigenvalue weighted by Gasteiger charge is -2.11. The van der Waals surface area contributed by atoms with Crippen molar-refractivity contribution in [3.05, 3.63) is 53.5 Å². The van der Waals surface area contributed by atoms with Gasteiger partial charge in [-0.1, -0.05) is 0 Å². The number of hydrogen-bond acceptors (Lipinski definition) is 2. The monoisotopic (exact) mass is 284 g/mol. The Kier molecular flexibility index (Phi) is 3.44. The van der Waals surface area contributed by atoms with Crippen molar-refractivity contribution in [3.8, 4) is 11.3 Å². The number of alkyl halides is 3. The number of benzene rings is 1. The van der Waals surface area contributed by atoms with E-state index < -0.39 is 29.0 Å². The van der Waals surface area contributed by atoms with Crippen LogP contribution in [0.5, 0.6) is 0 Å². The van der Waals surface area contributed by atoms with Crippen LogP contribution in [-0.4, -0.2) is 10.9 Å². The first-order valence-corrected chi connectivity index (χ1v) is 5.42. The van der Waals surface area contributed by atoms with Crippen LogP contribution < -0.4 is 5.73 Å². The molecule has 0 unspecified atom stereocenters. The van der Waals surface area contributed by atoms with Crippen LogP contribution >= 0.6 is 0 Å². The number of carbonyl (C=O) groups excluding carboxylic acids is 1. The van der Waals surface area contributed by atoms with Gasteiger partial charge in [0.25, 0.3) is 0 Å². The quantitative estimate of drug-likeness (QED) is 0.862. The summed E-state index contributed by atoms with van der Waals surface area (Å²) in [7, 11) is 0. The smallest absolute Gasteiger partial charge is 0.366 e. The summed E-state index contributed by atoms with van der Waals surface area (Å²) >= 11 is 0. The molecule has 0 aliphatic heterocycles. The number of carbonyl (C=O) groups is 1. The molecule has 0 aliphatic rings. The van der Waals surface area contributed by atoms with Crippen molar-refractivity contribution in [2.75, 3.05) is 0 Å². The van der Waals surface area contributed by atoms with Gasteiger partial charge in [-0.2, -0.15) is 13.2 Å². The molecule has 0 spiro atoms. The van der Waals surface area contributed by atoms with Crippen molar-refractivity contribution in [1.29, 1.82) is 0 Å². The molecule has 2 aromatic rings. The fourth-order valence-electron chi connectivity index (χ4n) is 1.66. The number of primary amides is 1. The van der Waals surface area contributed by atoms with E-state index in [2.05, 4.69) is 4.98 Å². The van der Waals surface area contributed by atoms with Crippen LogP contribution in [0.15, 0.2) is 36.5 Å². The molecule has 0 saturated carbocycles. The van der Waals surface area contributed by atoms with Crippen LogP contribution in [0.2, 0.25) is 0 Å². The van der Waals surface area contributed by atoms with Gasteiger partial charge in [0.1, 0.15) is 5.82 Å². The molecule has 7 heteroatoms. The largest absolute Gasteiger partial charge is 0.418 e. The Morgan fingerprint density at radius 2 is 1.75 bits per heavy atom. The summed E-state index contributed by atoms with van der Waals surface area (Å²) in [6.45, 7) is 0. The van der Waals surface area contributed by atoms with E-state index in [1.807, 2.05) is 0 Å². The van der Waals surface area contributed by atoms with E-state index in [9.17, 15) is 22.4 Å². The maximum atomic E-state index is 12.8. The van der Waals surface area contributed by atoms with Gasteiger partial charge in [-0.25, -0.2) is 4.39 Å². The zero-order valence-electron chi connectivity index (χ0n) is 9.91. The molecule has 1 aromatic heterocycles. The lowest BCUT2D eigenvalue weighted by molar-refractivity contribution is -0.138. The van der Waals surface area contributed by atoms with Crippen molar-refractivity contribution < 1.29 is 22.4 Å². The van der Waals surface area contributed by atoms with Crippen LogP contribution in [-0.2, 0) is 6.18 Å². The van der Waals surface area contributed by atoms with E-state index in [1.54, 1.807) is 0 Å². The van der Waals surface area contributed by atoms with Gasteiger partial charge in [0, 0.05) is 11.8 Å². The van der Waals surface area contributed by atoms with Crippen LogP contribution in [0.25, 0.3) is 11.3 Å². The average molecular weight is 284 g/mol. The van der Waals surface area contributed by atoms with Crippen molar-refractivity contribution in [1.82, 2.24) is 4.98 Å². The minimum Gasteiger partial charge on any atom is -0.366 e. The van der Waals surface area contributed by atoms with Gasteiger partial charge in [-0.3, -0.25) is 9.78 Å². The third kappa shape index (κ3) is 2.76. The molecule has 2 rings (SSSR count). The summed E-state index contributed by atoms with van der Waals surface area (Å²) in [4.78, 5) is 14.8. The number of halogens is 4. The second kappa shape index (κ2) is 4.92. The van der Waals surface area contributed by atoms with E-state index in [0.717, 1.165) is 18.2 Å². The Morgan fingerprint density at radius 3 is 2.25 bits per heavy atom. The predicted octanol–water partition coefficient (Wildman–Crippen LogP) is 3.01. The minimum absolute atomic E-state index is 0.104. The molecule has 0 aliphatic carbocycles. The molecule has 104 valence electrons. The van der Waals surface area contributed by atoms with Crippen molar-refractivity contribution in [3.63, 3.8) is 0 Å². The van der Waals surface area contributed by atoms with Gasteiger partial charge >= 0.3 is 6.18 Å². The molecule has 1 aromatic carbocycles. The number of aromatic nitrogens is 1. The Balaban J connectivity index is 2.56. The second-order valence-corrected chi connectivity index (χ2v) is 3.98. The third-order valence-corrected chi connectivity index (χ3v) is 2.61. The normalized spacial score (nSPS) is 11.4. The molecule has 2 N–H and O–H groups in total. The highest BCUT2D eigenvalue weighted by Crippen LogP contribution is 2.33. The predicted molar refractivity (Wildman–Crippen MR) is 63.2 cm³/mol. The third-order valence-electron chi connectivity index (χ3n) is 2.61. The first kappa shape index (κ1) is 14.0. The van der Waals surface area contributed by atoms with Crippen LogP contribution in [0, 0.1) is 5.82 Å². The Bertz CT molecular complexity index is 650. The van der Waals surface area contributed by atoms with Crippen LogP contribution in [0.1, 0.15) is 15.9 Å². The summed E-state index contributed by atoms with van der Waals surface area (Å²) in [6.07, 6.45) is -4.18. The fourth-order valence-corrected chi connectivity index (χ4v) is 1.66. The first-order valence-electron chi connectivity index (χ1n) is 5.42. The number of nitrogens with two attached hydrogens (primary N) is 1. The summed E-state index contributed by atoms with van der Waals surface area (Å²) in [5.41, 5.74) is 3.56. The van der Waals surface area contributed by atoms with Gasteiger partial charge in [-0.05, 0) is 30.3 Å². The summed E-state index contributed by atoms with van der Waals surface area (Å²) < 4.78 is 50.9. The molecule has 1 amide bonds. The minimum atomic E-state index is -4.72. The Morgan fingerprint density at radius 1 is 1.15 bits per heavy atom. The van der Waals surface area contributed by atoms with E-state index in [4.69, 9.17) is 5.73 Å². The number of nitrogens with zero attached hydrogens (tertiary/aromatic N) is 1. The van der Waals surface area contributed by atoms with Gasteiger partial charge in [0.05, 0.1) is 16.8 Å². The summed E-state index contributed by atoms with van der Waals surface area (Å²) in [6, 6.07) is 5.90. The lowest BCUT2D eigenvalue weighted by Crippen LogP contribution is -2.19. The molecular formula is C13H8F4N2O. The molecular weight excluding hydrogens is 276 g/mol. The van der Waals surface area contributed by atoms with Crippen molar-refractivity contribution in [2.45, 2.75) is 6.18 Å². The lowest BCUT2D eigenvalue weighted by atomic mass is 10.0. The number of hydrogen-bond donors (Lipinski definition) is 1. The summed E-state index contributed by atoms with van der Waals surface area (Å²) in [5.74, 6) is -1.70. The van der Waals surface area contributed by atoms with Crippen molar-refractivity contribution >= 4 is 5.91 Å². The number of pyridine rings is 1. The molecule has 0 fully saturated rings. The molecule has 0 atom stereocenters. The molecule has 3 nitrogen and oxygen atoms in total. The fraction of sp³-hybridized carbons (Fsp3) is 0.0769. The molecule has 20 heavy (non-hydrogen) atoms. The van der Waals surface area contributed by atoms with Crippen LogP contribution in [0.3, 0.4) is 0 Å². The second-order valence-electron chi connectivity index (χ2n) is 3.98. The number of amides is 1. The molecule has 0 radical (unpaired) electrons. The maximum absolute atomic E-state index is 12.8.